The van der Waals surface area contributed by atoms with Gasteiger partial charge >= 0.3 is 6.09 Å². The Balaban J connectivity index is 1.26. The van der Waals surface area contributed by atoms with Gasteiger partial charge in [-0.2, -0.15) is 0 Å². The Morgan fingerprint density at radius 2 is 1.94 bits per heavy atom. The van der Waals surface area contributed by atoms with Crippen molar-refractivity contribution in [1.82, 2.24) is 15.3 Å². The van der Waals surface area contributed by atoms with E-state index < -0.39 is 0 Å². The van der Waals surface area contributed by atoms with E-state index in [1.54, 1.807) is 0 Å². The molecule has 6 heteroatoms. The summed E-state index contributed by atoms with van der Waals surface area (Å²) < 4.78 is 5.80. The maximum atomic E-state index is 12.7. The first-order valence-corrected chi connectivity index (χ1v) is 12.6. The quantitative estimate of drug-likeness (QED) is 0.680. The van der Waals surface area contributed by atoms with Gasteiger partial charge in [0.2, 0.25) is 0 Å². The number of hydrogen-bond acceptors (Lipinski definition) is 5. The van der Waals surface area contributed by atoms with Crippen LogP contribution in [-0.2, 0) is 6.42 Å². The Bertz CT molecular complexity index is 851. The molecule has 32 heavy (non-hydrogen) atoms. The summed E-state index contributed by atoms with van der Waals surface area (Å²) >= 11 is 0. The molecule has 1 heterocycles. The first-order chi connectivity index (χ1) is 15.4. The van der Waals surface area contributed by atoms with Crippen LogP contribution in [0.15, 0.2) is 18.2 Å². The van der Waals surface area contributed by atoms with E-state index in [0.29, 0.717) is 29.5 Å². The third-order valence-corrected chi connectivity index (χ3v) is 9.51. The van der Waals surface area contributed by atoms with Crippen LogP contribution in [0.5, 0.6) is 5.75 Å². The zero-order chi connectivity index (χ0) is 22.5. The lowest BCUT2D eigenvalue weighted by molar-refractivity contribution is -0.000725. The van der Waals surface area contributed by atoms with Crippen LogP contribution in [0.25, 0.3) is 0 Å². The number of likely N-dealkylation sites (tertiary alicyclic amines) is 1. The minimum atomic E-state index is -0.210. The summed E-state index contributed by atoms with van der Waals surface area (Å²) in [4.78, 5) is 16.8. The standard InChI is InChI=1S/C26H39N3O3/c1-26-13-10-21-20-7-5-19(32-25(30)29-14-11-18(12-15-29)28(2)3)16-17(20)4-6-22(21)23(26)8-9-24(26)27-31/h5,7,16,18,21-24,27,31H,4,6,8-15H2,1-3H3. The average Bonchev–Trinajstić information content (AvgIpc) is 3.15. The van der Waals surface area contributed by atoms with Crippen molar-refractivity contribution in [2.24, 2.45) is 17.3 Å². The molecule has 1 saturated heterocycles. The van der Waals surface area contributed by atoms with Gasteiger partial charge in [-0.3, -0.25) is 0 Å². The number of benzene rings is 1. The molecule has 5 unspecified atom stereocenters. The fourth-order valence-corrected chi connectivity index (χ4v) is 7.56. The van der Waals surface area contributed by atoms with Crippen molar-refractivity contribution < 1.29 is 14.7 Å². The molecule has 1 aromatic carbocycles. The summed E-state index contributed by atoms with van der Waals surface area (Å²) in [6.07, 6.45) is 8.69. The zero-order valence-corrected chi connectivity index (χ0v) is 19.8. The van der Waals surface area contributed by atoms with Crippen LogP contribution in [0, 0.1) is 17.3 Å². The number of rotatable bonds is 3. The van der Waals surface area contributed by atoms with Crippen molar-refractivity contribution in [3.63, 3.8) is 0 Å². The highest BCUT2D eigenvalue weighted by atomic mass is 16.6. The molecule has 5 rings (SSSR count). The van der Waals surface area contributed by atoms with E-state index in [1.165, 1.54) is 30.4 Å². The summed E-state index contributed by atoms with van der Waals surface area (Å²) in [5, 5.41) is 9.66. The van der Waals surface area contributed by atoms with Crippen LogP contribution < -0.4 is 10.2 Å². The summed E-state index contributed by atoms with van der Waals surface area (Å²) in [6.45, 7) is 3.91. The summed E-state index contributed by atoms with van der Waals surface area (Å²) in [7, 11) is 4.22. The molecule has 0 spiro atoms. The maximum Gasteiger partial charge on any atom is 0.415 e. The van der Waals surface area contributed by atoms with Crippen LogP contribution in [0.4, 0.5) is 4.79 Å². The molecule has 6 nitrogen and oxygen atoms in total. The molecule has 0 bridgehead atoms. The molecule has 176 valence electrons. The largest absolute Gasteiger partial charge is 0.415 e. The molecule has 1 aromatic rings. The Labute approximate surface area is 192 Å². The van der Waals surface area contributed by atoms with Gasteiger partial charge in [-0.25, -0.2) is 10.3 Å². The van der Waals surface area contributed by atoms with Gasteiger partial charge in [0, 0.05) is 25.2 Å². The van der Waals surface area contributed by atoms with Gasteiger partial charge in [-0.1, -0.05) is 13.0 Å². The maximum absolute atomic E-state index is 12.7. The summed E-state index contributed by atoms with van der Waals surface area (Å²) in [5.74, 6) is 2.67. The lowest BCUT2D eigenvalue weighted by atomic mass is 9.55. The number of aryl methyl sites for hydroxylation is 1. The molecular formula is C26H39N3O3. The number of nitrogens with zero attached hydrogens (tertiary/aromatic N) is 2. The van der Waals surface area contributed by atoms with E-state index in [1.807, 2.05) is 11.0 Å². The smallest absolute Gasteiger partial charge is 0.410 e. The third kappa shape index (κ3) is 3.74. The van der Waals surface area contributed by atoms with Gasteiger partial charge in [-0.15, -0.1) is 0 Å². The summed E-state index contributed by atoms with van der Waals surface area (Å²) in [5.41, 5.74) is 5.67. The lowest BCUT2D eigenvalue weighted by Crippen LogP contribution is -2.47. The van der Waals surface area contributed by atoms with E-state index in [2.05, 4.69) is 43.5 Å². The van der Waals surface area contributed by atoms with Crippen molar-refractivity contribution in [2.75, 3.05) is 27.2 Å². The van der Waals surface area contributed by atoms with Gasteiger partial charge in [0.1, 0.15) is 5.75 Å². The van der Waals surface area contributed by atoms with Crippen molar-refractivity contribution >= 4 is 6.09 Å². The van der Waals surface area contributed by atoms with Crippen LogP contribution in [0.2, 0.25) is 0 Å². The minimum Gasteiger partial charge on any atom is -0.410 e. The van der Waals surface area contributed by atoms with Gasteiger partial charge in [0.15, 0.2) is 0 Å². The van der Waals surface area contributed by atoms with Crippen molar-refractivity contribution in [1.29, 1.82) is 0 Å². The summed E-state index contributed by atoms with van der Waals surface area (Å²) in [6, 6.07) is 7.14. The van der Waals surface area contributed by atoms with Crippen molar-refractivity contribution in [3.05, 3.63) is 29.3 Å². The van der Waals surface area contributed by atoms with Crippen LogP contribution >= 0.6 is 0 Å². The van der Waals surface area contributed by atoms with Crippen molar-refractivity contribution in [2.45, 2.75) is 76.3 Å². The highest BCUT2D eigenvalue weighted by molar-refractivity contribution is 5.71. The SMILES string of the molecule is CN(C)C1CCN(C(=O)Oc2ccc3c(c2)CCC2C3CCC3(C)C(NO)CCC23)CC1. The number of amides is 1. The minimum absolute atomic E-state index is 0.210. The Hall–Kier alpha value is -1.63. The molecular weight excluding hydrogens is 402 g/mol. The monoisotopic (exact) mass is 441 g/mol. The Morgan fingerprint density at radius 1 is 1.16 bits per heavy atom. The topological polar surface area (TPSA) is 65.0 Å². The van der Waals surface area contributed by atoms with Crippen LogP contribution in [0.3, 0.4) is 0 Å². The van der Waals surface area contributed by atoms with Crippen LogP contribution in [-0.4, -0.2) is 60.4 Å². The Morgan fingerprint density at radius 3 is 2.66 bits per heavy atom. The van der Waals surface area contributed by atoms with Gasteiger partial charge in [-0.05, 0) is 112 Å². The molecule has 3 aliphatic carbocycles. The fourth-order valence-electron chi connectivity index (χ4n) is 7.56. The van der Waals surface area contributed by atoms with Crippen molar-refractivity contribution in [3.8, 4) is 5.75 Å². The molecule has 4 aliphatic rings. The number of hydrogen-bond donors (Lipinski definition) is 2. The highest BCUT2D eigenvalue weighted by Crippen LogP contribution is 2.60. The Kier molecular flexibility index (Phi) is 5.97. The first-order valence-electron chi connectivity index (χ1n) is 12.6. The fraction of sp³-hybridized carbons (Fsp3) is 0.731. The normalized spacial score (nSPS) is 34.7. The van der Waals surface area contributed by atoms with E-state index in [4.69, 9.17) is 4.74 Å². The molecule has 2 saturated carbocycles. The van der Waals surface area contributed by atoms with E-state index in [9.17, 15) is 10.0 Å². The second kappa shape index (κ2) is 8.62. The van der Waals surface area contributed by atoms with Gasteiger partial charge in [0.05, 0.1) is 0 Å². The van der Waals surface area contributed by atoms with Gasteiger partial charge < -0.3 is 19.7 Å². The molecule has 1 aliphatic heterocycles. The molecule has 5 atom stereocenters. The second-order valence-electron chi connectivity index (χ2n) is 11.1. The average molecular weight is 442 g/mol. The highest BCUT2D eigenvalue weighted by Gasteiger charge is 2.54. The predicted octanol–water partition coefficient (Wildman–Crippen LogP) is 4.41. The molecule has 3 fully saturated rings. The second-order valence-corrected chi connectivity index (χ2v) is 11.1. The predicted molar refractivity (Wildman–Crippen MR) is 124 cm³/mol. The van der Waals surface area contributed by atoms with E-state index >= 15 is 0 Å². The zero-order valence-electron chi connectivity index (χ0n) is 19.8. The number of carbonyl (C=O) groups is 1. The van der Waals surface area contributed by atoms with E-state index in [-0.39, 0.29) is 17.6 Å². The lowest BCUT2D eigenvalue weighted by Gasteiger charge is -2.50. The number of carbonyl (C=O) groups excluding carboxylic acids is 1. The number of ether oxygens (including phenoxy) is 1. The third-order valence-electron chi connectivity index (χ3n) is 9.51. The van der Waals surface area contributed by atoms with Gasteiger partial charge in [0.25, 0.3) is 0 Å². The van der Waals surface area contributed by atoms with E-state index in [0.717, 1.165) is 45.2 Å². The molecule has 1 amide bonds. The number of piperidine rings is 1. The molecule has 2 N–H and O–H groups in total. The molecule has 0 aromatic heterocycles. The molecule has 0 radical (unpaired) electrons. The van der Waals surface area contributed by atoms with Crippen LogP contribution in [0.1, 0.15) is 68.9 Å². The number of nitrogens with one attached hydrogen (secondary N) is 1. The number of fused-ring (bicyclic) bond motifs is 5. The first kappa shape index (κ1) is 22.2. The number of hydroxylamine groups is 1.